The van der Waals surface area contributed by atoms with Gasteiger partial charge in [-0.3, -0.25) is 24.6 Å². The van der Waals surface area contributed by atoms with Crippen LogP contribution < -0.4 is 10.9 Å². The first-order valence-electron chi connectivity index (χ1n) is 18.0. The molecule has 2 atom stereocenters. The lowest BCUT2D eigenvalue weighted by molar-refractivity contribution is -0.152. The summed E-state index contributed by atoms with van der Waals surface area (Å²) in [5.74, 6) is -2.79. The highest BCUT2D eigenvalue weighted by Crippen LogP contribution is 2.16. The van der Waals surface area contributed by atoms with Crippen molar-refractivity contribution in [2.45, 2.75) is 174 Å². The molecule has 46 heavy (non-hydrogen) atoms. The first kappa shape index (κ1) is 41.1. The van der Waals surface area contributed by atoms with E-state index in [4.69, 9.17) is 9.47 Å². The van der Waals surface area contributed by atoms with Crippen LogP contribution in [0, 0.1) is 0 Å². The number of benzene rings is 1. The number of hydrogen-bond acceptors (Lipinski definition) is 7. The average molecular weight is 647 g/mol. The lowest BCUT2D eigenvalue weighted by Crippen LogP contribution is -2.49. The van der Waals surface area contributed by atoms with E-state index in [2.05, 4.69) is 24.7 Å². The summed E-state index contributed by atoms with van der Waals surface area (Å²) < 4.78 is 10.9. The molecule has 0 aliphatic heterocycles. The Morgan fingerprint density at radius 3 is 1.74 bits per heavy atom. The summed E-state index contributed by atoms with van der Waals surface area (Å²) in [7, 11) is 0. The molecule has 0 aromatic heterocycles. The molecule has 9 nitrogen and oxygen atoms in total. The Morgan fingerprint density at radius 1 is 0.674 bits per heavy atom. The molecule has 3 N–H and O–H groups in total. The maximum absolute atomic E-state index is 12.8. The number of carbonyl (C=O) groups is 4. The standard InChI is InChI=1S/C37H62N2O7/c1-3-5-7-9-11-13-15-17-22-26-32(46-35(41)27-23-18-16-14-12-10-8-6-4-2)28-34(40)39-38-33(37(43)44)29-36(42)45-30-31-24-20-19-21-25-31/h19-21,24-25,32-33,38H,3-18,22-23,26-30H2,1-2H3,(H,39,40)(H,43,44)/t32-,33+/m1/s1. The molecule has 1 aromatic rings. The molecule has 0 bridgehead atoms. The summed E-state index contributed by atoms with van der Waals surface area (Å²) in [6.45, 7) is 4.46. The Bertz CT molecular complexity index is 941. The first-order chi connectivity index (χ1) is 22.3. The Hall–Kier alpha value is -2.94. The summed E-state index contributed by atoms with van der Waals surface area (Å²) >= 11 is 0. The fourth-order valence-electron chi connectivity index (χ4n) is 5.30. The number of rotatable bonds is 30. The zero-order chi connectivity index (χ0) is 33.7. The van der Waals surface area contributed by atoms with Crippen molar-refractivity contribution in [2.24, 2.45) is 0 Å². The number of nitrogens with one attached hydrogen (secondary N) is 2. The molecular weight excluding hydrogens is 584 g/mol. The fourth-order valence-corrected chi connectivity index (χ4v) is 5.30. The quantitative estimate of drug-likeness (QED) is 0.0432. The SMILES string of the molecule is CCCCCCCCCCCC(=O)O[C@H](CCCCCCCCCCC)CC(=O)NN[C@@H](CC(=O)OCc1ccccc1)C(=O)O. The van der Waals surface area contributed by atoms with Gasteiger partial charge in [-0.2, -0.15) is 0 Å². The Kier molecular flexibility index (Phi) is 25.3. The number of ether oxygens (including phenoxy) is 2. The monoisotopic (exact) mass is 646 g/mol. The van der Waals surface area contributed by atoms with Gasteiger partial charge in [-0.05, 0) is 24.8 Å². The largest absolute Gasteiger partial charge is 0.480 e. The lowest BCUT2D eigenvalue weighted by Gasteiger charge is -2.19. The molecule has 262 valence electrons. The molecule has 1 aromatic carbocycles. The second kappa shape index (κ2) is 28.3. The van der Waals surface area contributed by atoms with E-state index in [-0.39, 0.29) is 19.0 Å². The summed E-state index contributed by atoms with van der Waals surface area (Å²) in [4.78, 5) is 49.4. The van der Waals surface area contributed by atoms with E-state index >= 15 is 0 Å². The number of amides is 1. The molecule has 0 aliphatic rings. The van der Waals surface area contributed by atoms with Crippen LogP contribution in [0.4, 0.5) is 0 Å². The van der Waals surface area contributed by atoms with Gasteiger partial charge in [0.2, 0.25) is 5.91 Å². The Morgan fingerprint density at radius 2 is 1.20 bits per heavy atom. The first-order valence-corrected chi connectivity index (χ1v) is 18.0. The highest BCUT2D eigenvalue weighted by molar-refractivity contribution is 5.82. The number of hydrazine groups is 1. The van der Waals surface area contributed by atoms with Crippen molar-refractivity contribution in [3.05, 3.63) is 35.9 Å². The predicted molar refractivity (Wildman–Crippen MR) is 182 cm³/mol. The summed E-state index contributed by atoms with van der Waals surface area (Å²) in [5.41, 5.74) is 5.63. The van der Waals surface area contributed by atoms with E-state index in [1.54, 1.807) is 12.1 Å². The normalized spacial score (nSPS) is 12.3. The minimum absolute atomic E-state index is 0.0311. The zero-order valence-electron chi connectivity index (χ0n) is 28.7. The van der Waals surface area contributed by atoms with E-state index in [1.807, 2.05) is 18.2 Å². The molecule has 1 rings (SSSR count). The Balaban J connectivity index is 2.49. The number of aliphatic carboxylic acids is 1. The van der Waals surface area contributed by atoms with Gasteiger partial charge < -0.3 is 14.6 Å². The van der Waals surface area contributed by atoms with Gasteiger partial charge in [0.05, 0.1) is 12.8 Å². The van der Waals surface area contributed by atoms with E-state index in [0.29, 0.717) is 12.8 Å². The topological polar surface area (TPSA) is 131 Å². The number of esters is 2. The van der Waals surface area contributed by atoms with Gasteiger partial charge in [0.15, 0.2) is 0 Å². The minimum atomic E-state index is -1.36. The third kappa shape index (κ3) is 23.4. The summed E-state index contributed by atoms with van der Waals surface area (Å²) in [6, 6.07) is 7.72. The summed E-state index contributed by atoms with van der Waals surface area (Å²) in [5, 5.41) is 9.56. The number of carboxylic acid groups (broad SMARTS) is 1. The van der Waals surface area contributed by atoms with Gasteiger partial charge in [-0.25, -0.2) is 5.43 Å². The van der Waals surface area contributed by atoms with Gasteiger partial charge in [0.1, 0.15) is 18.8 Å². The highest BCUT2D eigenvalue weighted by Gasteiger charge is 2.24. The van der Waals surface area contributed by atoms with E-state index in [9.17, 15) is 24.3 Å². The van der Waals surface area contributed by atoms with Gasteiger partial charge >= 0.3 is 17.9 Å². The molecule has 0 saturated carbocycles. The number of carbonyl (C=O) groups excluding carboxylic acids is 3. The van der Waals surface area contributed by atoms with Crippen molar-refractivity contribution in [1.29, 1.82) is 0 Å². The maximum Gasteiger partial charge on any atom is 0.323 e. The fraction of sp³-hybridized carbons (Fsp3) is 0.730. The van der Waals surface area contributed by atoms with Crippen LogP contribution in [0.5, 0.6) is 0 Å². The molecule has 0 saturated heterocycles. The molecule has 9 heteroatoms. The van der Waals surface area contributed by atoms with Crippen LogP contribution in [0.3, 0.4) is 0 Å². The van der Waals surface area contributed by atoms with Crippen LogP contribution in [0.2, 0.25) is 0 Å². The van der Waals surface area contributed by atoms with Crippen LogP contribution in [-0.4, -0.2) is 41.1 Å². The molecule has 0 spiro atoms. The number of unbranched alkanes of at least 4 members (excludes halogenated alkanes) is 16. The second-order valence-corrected chi connectivity index (χ2v) is 12.4. The van der Waals surface area contributed by atoms with Crippen molar-refractivity contribution in [3.8, 4) is 0 Å². The molecule has 0 aliphatic carbocycles. The molecule has 0 unspecified atom stereocenters. The van der Waals surface area contributed by atoms with Crippen LogP contribution in [0.1, 0.15) is 161 Å². The second-order valence-electron chi connectivity index (χ2n) is 12.4. The van der Waals surface area contributed by atoms with Crippen LogP contribution >= 0.6 is 0 Å². The molecular formula is C37H62N2O7. The summed E-state index contributed by atoms with van der Waals surface area (Å²) in [6.07, 6.45) is 20.6. The molecule has 1 amide bonds. The molecule has 0 radical (unpaired) electrons. The van der Waals surface area contributed by atoms with E-state index in [1.165, 1.54) is 77.0 Å². The van der Waals surface area contributed by atoms with E-state index in [0.717, 1.165) is 44.1 Å². The van der Waals surface area contributed by atoms with Crippen LogP contribution in [0.25, 0.3) is 0 Å². The average Bonchev–Trinajstić information content (AvgIpc) is 3.04. The smallest absolute Gasteiger partial charge is 0.323 e. The maximum atomic E-state index is 12.8. The van der Waals surface area contributed by atoms with Crippen molar-refractivity contribution in [2.75, 3.05) is 0 Å². The third-order valence-corrected chi connectivity index (χ3v) is 8.12. The van der Waals surface area contributed by atoms with Crippen molar-refractivity contribution < 1.29 is 33.8 Å². The predicted octanol–water partition coefficient (Wildman–Crippen LogP) is 8.34. The van der Waals surface area contributed by atoms with Gasteiger partial charge in [-0.1, -0.05) is 147 Å². The third-order valence-electron chi connectivity index (χ3n) is 8.12. The molecule has 0 heterocycles. The number of carboxylic acids is 1. The Labute approximate surface area is 277 Å². The molecule has 0 fully saturated rings. The van der Waals surface area contributed by atoms with Crippen molar-refractivity contribution >= 4 is 23.8 Å². The van der Waals surface area contributed by atoms with Crippen molar-refractivity contribution in [1.82, 2.24) is 10.9 Å². The van der Waals surface area contributed by atoms with Gasteiger partial charge in [-0.15, -0.1) is 0 Å². The van der Waals surface area contributed by atoms with Crippen LogP contribution in [0.15, 0.2) is 30.3 Å². The minimum Gasteiger partial charge on any atom is -0.480 e. The lowest BCUT2D eigenvalue weighted by atomic mass is 10.0. The van der Waals surface area contributed by atoms with Crippen molar-refractivity contribution in [3.63, 3.8) is 0 Å². The van der Waals surface area contributed by atoms with Gasteiger partial charge in [0, 0.05) is 6.42 Å². The van der Waals surface area contributed by atoms with Gasteiger partial charge in [0.25, 0.3) is 0 Å². The van der Waals surface area contributed by atoms with Crippen LogP contribution in [-0.2, 0) is 35.3 Å². The highest BCUT2D eigenvalue weighted by atomic mass is 16.5. The zero-order valence-corrected chi connectivity index (χ0v) is 28.7. The number of hydrogen-bond donors (Lipinski definition) is 3. The van der Waals surface area contributed by atoms with E-state index < -0.39 is 36.4 Å².